The van der Waals surface area contributed by atoms with Gasteiger partial charge in [0, 0.05) is 26.9 Å². The molecule has 0 fully saturated rings. The maximum atomic E-state index is 12.4. The average Bonchev–Trinajstić information content (AvgIpc) is 2.94. The summed E-state index contributed by atoms with van der Waals surface area (Å²) in [5, 5.41) is 7.54. The quantitative estimate of drug-likeness (QED) is 0.132. The van der Waals surface area contributed by atoms with E-state index in [-0.39, 0.29) is 18.4 Å². The van der Waals surface area contributed by atoms with Crippen LogP contribution in [-0.4, -0.2) is 24.6 Å². The molecule has 6 nitrogen and oxygen atoms in total. The molecular formula is C30H26ClN3O3S. The number of halogens is 1. The number of carbonyl (C=O) groups excluding carboxylic acids is 2. The predicted octanol–water partition coefficient (Wildman–Crippen LogP) is 6.72. The number of amides is 2. The van der Waals surface area contributed by atoms with Crippen molar-refractivity contribution >= 4 is 47.1 Å². The van der Waals surface area contributed by atoms with Crippen LogP contribution < -0.4 is 15.5 Å². The number of carbonyl (C=O) groups is 2. The largest absolute Gasteiger partial charge is 0.484 e. The molecule has 4 aromatic carbocycles. The van der Waals surface area contributed by atoms with Gasteiger partial charge in [0.15, 0.2) is 6.61 Å². The van der Waals surface area contributed by atoms with Crippen molar-refractivity contribution in [3.63, 3.8) is 0 Å². The van der Waals surface area contributed by atoms with Crippen LogP contribution in [0.3, 0.4) is 0 Å². The minimum Gasteiger partial charge on any atom is -0.484 e. The summed E-state index contributed by atoms with van der Waals surface area (Å²) in [5.74, 6) is 0.812. The second kappa shape index (κ2) is 13.5. The number of anilines is 1. The topological polar surface area (TPSA) is 79.8 Å². The Labute approximate surface area is 231 Å². The minimum atomic E-state index is -0.294. The van der Waals surface area contributed by atoms with Gasteiger partial charge >= 0.3 is 0 Å². The van der Waals surface area contributed by atoms with Gasteiger partial charge in [0.2, 0.25) is 0 Å². The normalized spacial score (nSPS) is 10.8. The lowest BCUT2D eigenvalue weighted by molar-refractivity contribution is -0.118. The summed E-state index contributed by atoms with van der Waals surface area (Å²) in [6.07, 6.45) is 1.54. The molecule has 0 spiro atoms. The Bertz CT molecular complexity index is 1390. The van der Waals surface area contributed by atoms with Gasteiger partial charge in [0.05, 0.1) is 6.21 Å². The lowest BCUT2D eigenvalue weighted by Gasteiger charge is -2.08. The van der Waals surface area contributed by atoms with Gasteiger partial charge in [-0.2, -0.15) is 5.10 Å². The summed E-state index contributed by atoms with van der Waals surface area (Å²) in [5.41, 5.74) is 6.80. The van der Waals surface area contributed by atoms with Crippen molar-refractivity contribution in [1.82, 2.24) is 5.43 Å². The highest BCUT2D eigenvalue weighted by atomic mass is 35.5. The van der Waals surface area contributed by atoms with Crippen molar-refractivity contribution in [3.05, 3.63) is 124 Å². The first kappa shape index (κ1) is 27.0. The molecule has 4 aromatic rings. The van der Waals surface area contributed by atoms with Crippen molar-refractivity contribution < 1.29 is 14.3 Å². The first-order valence-corrected chi connectivity index (χ1v) is 13.2. The van der Waals surface area contributed by atoms with Gasteiger partial charge in [-0.05, 0) is 90.8 Å². The molecule has 0 radical (unpaired) electrons. The van der Waals surface area contributed by atoms with Crippen molar-refractivity contribution in [3.8, 4) is 5.75 Å². The summed E-state index contributed by atoms with van der Waals surface area (Å²) >= 11 is 7.63. The molecule has 0 saturated heterocycles. The lowest BCUT2D eigenvalue weighted by atomic mass is 10.1. The van der Waals surface area contributed by atoms with Crippen LogP contribution in [0.15, 0.2) is 107 Å². The van der Waals surface area contributed by atoms with E-state index in [2.05, 4.69) is 15.8 Å². The van der Waals surface area contributed by atoms with Crippen LogP contribution in [0, 0.1) is 6.92 Å². The number of ether oxygens (including phenoxy) is 1. The molecule has 0 unspecified atom stereocenters. The average molecular weight is 544 g/mol. The van der Waals surface area contributed by atoms with Gasteiger partial charge in [-0.25, -0.2) is 5.43 Å². The van der Waals surface area contributed by atoms with Crippen molar-refractivity contribution in [2.75, 3.05) is 11.9 Å². The second-order valence-corrected chi connectivity index (χ2v) is 9.90. The van der Waals surface area contributed by atoms with E-state index in [1.165, 1.54) is 0 Å². The molecule has 2 N–H and O–H groups in total. The molecule has 0 saturated carbocycles. The van der Waals surface area contributed by atoms with Crippen molar-refractivity contribution in [1.29, 1.82) is 0 Å². The maximum absolute atomic E-state index is 12.4. The third-order valence-electron chi connectivity index (χ3n) is 5.40. The van der Waals surface area contributed by atoms with Gasteiger partial charge in [0.1, 0.15) is 5.75 Å². The summed E-state index contributed by atoms with van der Waals surface area (Å²) in [6, 6.07) is 29.7. The van der Waals surface area contributed by atoms with Crippen LogP contribution in [0.4, 0.5) is 5.69 Å². The van der Waals surface area contributed by atoms with Crippen molar-refractivity contribution in [2.24, 2.45) is 5.10 Å². The van der Waals surface area contributed by atoms with Crippen molar-refractivity contribution in [2.45, 2.75) is 17.6 Å². The summed E-state index contributed by atoms with van der Waals surface area (Å²) in [4.78, 5) is 25.6. The fourth-order valence-electron chi connectivity index (χ4n) is 3.31. The van der Waals surface area contributed by atoms with Crippen LogP contribution in [0.1, 0.15) is 27.0 Å². The van der Waals surface area contributed by atoms with Crippen LogP contribution in [0.5, 0.6) is 5.75 Å². The molecule has 4 rings (SSSR count). The van der Waals surface area contributed by atoms with Gasteiger partial charge < -0.3 is 10.1 Å². The molecule has 0 bridgehead atoms. The van der Waals surface area contributed by atoms with Gasteiger partial charge in [-0.3, -0.25) is 9.59 Å². The van der Waals surface area contributed by atoms with Gasteiger partial charge in [-0.15, -0.1) is 11.8 Å². The number of nitrogens with one attached hydrogen (secondary N) is 2. The zero-order valence-electron chi connectivity index (χ0n) is 20.7. The number of hydrogen-bond acceptors (Lipinski definition) is 5. The second-order valence-electron chi connectivity index (χ2n) is 8.41. The van der Waals surface area contributed by atoms with E-state index in [0.717, 1.165) is 33.0 Å². The highest BCUT2D eigenvalue weighted by Crippen LogP contribution is 2.24. The molecule has 0 aromatic heterocycles. The van der Waals surface area contributed by atoms with E-state index >= 15 is 0 Å². The molecule has 192 valence electrons. The number of benzene rings is 4. The zero-order valence-corrected chi connectivity index (χ0v) is 22.3. The van der Waals surface area contributed by atoms with E-state index in [0.29, 0.717) is 16.3 Å². The molecule has 0 aliphatic carbocycles. The number of thioether (sulfide) groups is 1. The highest BCUT2D eigenvalue weighted by Gasteiger charge is 2.06. The number of hydrogen-bond donors (Lipinski definition) is 2. The minimum absolute atomic E-state index is 0.101. The Morgan fingerprint density at radius 2 is 1.58 bits per heavy atom. The van der Waals surface area contributed by atoms with E-state index in [1.807, 2.05) is 67.6 Å². The fourth-order valence-corrected chi connectivity index (χ4v) is 4.29. The van der Waals surface area contributed by atoms with E-state index in [9.17, 15) is 9.59 Å². The predicted molar refractivity (Wildman–Crippen MR) is 154 cm³/mol. The third-order valence-corrected chi connectivity index (χ3v) is 6.74. The first-order valence-electron chi connectivity index (χ1n) is 11.8. The van der Waals surface area contributed by atoms with E-state index in [4.69, 9.17) is 16.3 Å². The number of nitrogens with zero attached hydrogens (tertiary/aromatic N) is 1. The molecule has 0 aliphatic rings. The summed E-state index contributed by atoms with van der Waals surface area (Å²) in [6.45, 7) is 1.89. The van der Waals surface area contributed by atoms with Gasteiger partial charge in [0.25, 0.3) is 11.8 Å². The Morgan fingerprint density at radius 3 is 2.26 bits per heavy atom. The molecule has 8 heteroatoms. The van der Waals surface area contributed by atoms with E-state index in [1.54, 1.807) is 54.4 Å². The molecule has 0 aliphatic heterocycles. The Kier molecular flexibility index (Phi) is 9.56. The maximum Gasteiger partial charge on any atom is 0.271 e. The lowest BCUT2D eigenvalue weighted by Crippen LogP contribution is -2.20. The zero-order chi connectivity index (χ0) is 26.7. The Morgan fingerprint density at radius 1 is 0.895 bits per heavy atom. The molecule has 0 atom stereocenters. The third kappa shape index (κ3) is 8.50. The summed E-state index contributed by atoms with van der Waals surface area (Å²) in [7, 11) is 0. The number of rotatable bonds is 10. The number of aryl methyl sites for hydroxylation is 1. The Balaban J connectivity index is 1.19. The fraction of sp³-hybridized carbons (Fsp3) is 0.100. The van der Waals surface area contributed by atoms with Gasteiger partial charge in [-0.1, -0.05) is 41.4 Å². The smallest absolute Gasteiger partial charge is 0.271 e. The monoisotopic (exact) mass is 543 g/mol. The SMILES string of the molecule is Cc1ccc(NC(=O)COc2ccc(/C=N/NC(=O)c3ccc(CSc4ccc(Cl)cc4)cc3)cc2)cc1. The first-order chi connectivity index (χ1) is 18.4. The van der Waals surface area contributed by atoms with E-state index < -0.39 is 0 Å². The van der Waals surface area contributed by atoms with Crippen LogP contribution >= 0.6 is 23.4 Å². The summed E-state index contributed by atoms with van der Waals surface area (Å²) < 4.78 is 5.54. The number of hydrazone groups is 1. The molecule has 38 heavy (non-hydrogen) atoms. The molecule has 0 heterocycles. The van der Waals surface area contributed by atoms with Crippen LogP contribution in [-0.2, 0) is 10.5 Å². The molecule has 2 amide bonds. The highest BCUT2D eigenvalue weighted by molar-refractivity contribution is 7.98. The Hall–Kier alpha value is -4.07. The standard InChI is InChI=1S/C30H26ClN3O3S/c1-21-2-12-26(13-3-21)33-29(35)19-37-27-14-6-22(7-15-27)18-32-34-30(36)24-8-4-23(5-9-24)20-38-28-16-10-25(31)11-17-28/h2-18H,19-20H2,1H3,(H,33,35)(H,34,36)/b32-18+. The van der Waals surface area contributed by atoms with Crippen LogP contribution in [0.2, 0.25) is 5.02 Å². The van der Waals surface area contributed by atoms with Crippen LogP contribution in [0.25, 0.3) is 0 Å². The molecular weight excluding hydrogens is 518 g/mol.